The number of amides is 1. The van der Waals surface area contributed by atoms with Crippen LogP contribution in [-0.2, 0) is 6.42 Å². The first-order valence-electron chi connectivity index (χ1n) is 8.06. The van der Waals surface area contributed by atoms with Crippen LogP contribution in [0.15, 0.2) is 28.8 Å². The van der Waals surface area contributed by atoms with Crippen LogP contribution in [0.4, 0.5) is 8.78 Å². The minimum absolute atomic E-state index is 0.308. The van der Waals surface area contributed by atoms with E-state index in [1.165, 1.54) is 0 Å². The van der Waals surface area contributed by atoms with Gasteiger partial charge in [-0.2, -0.15) is 4.98 Å². The van der Waals surface area contributed by atoms with E-state index in [-0.39, 0.29) is 5.92 Å². The number of alkyl halides is 2. The third kappa shape index (κ3) is 2.48. The third-order valence-corrected chi connectivity index (χ3v) is 5.10. The summed E-state index contributed by atoms with van der Waals surface area (Å²) in [6.07, 6.45) is 2.37. The fourth-order valence-electron chi connectivity index (χ4n) is 3.86. The first kappa shape index (κ1) is 15.2. The summed E-state index contributed by atoms with van der Waals surface area (Å²) in [5.74, 6) is -3.89. The zero-order valence-electron chi connectivity index (χ0n) is 12.9. The lowest BCUT2D eigenvalue weighted by Crippen LogP contribution is -2.11. The first-order valence-corrected chi connectivity index (χ1v) is 8.06. The lowest BCUT2D eigenvalue weighted by Gasteiger charge is -2.15. The van der Waals surface area contributed by atoms with E-state index in [1.807, 2.05) is 6.07 Å². The van der Waals surface area contributed by atoms with Crippen molar-refractivity contribution in [1.29, 1.82) is 0 Å². The quantitative estimate of drug-likeness (QED) is 0.932. The van der Waals surface area contributed by atoms with Gasteiger partial charge in [-0.1, -0.05) is 23.7 Å². The summed E-state index contributed by atoms with van der Waals surface area (Å²) in [6.45, 7) is 0. The number of nitrogens with zero attached hydrogens (tertiary/aromatic N) is 2. The van der Waals surface area contributed by atoms with Crippen molar-refractivity contribution in [2.45, 2.75) is 37.5 Å². The van der Waals surface area contributed by atoms with Gasteiger partial charge in [-0.05, 0) is 30.5 Å². The number of carbonyl (C=O) groups is 1. The maximum atomic E-state index is 13.8. The van der Waals surface area contributed by atoms with E-state index in [0.29, 0.717) is 36.5 Å². The minimum atomic E-state index is -2.59. The Hall–Kier alpha value is -2.31. The summed E-state index contributed by atoms with van der Waals surface area (Å²) in [7, 11) is 0. The fraction of sp³-hybridized carbons (Fsp3) is 0.471. The lowest BCUT2D eigenvalue weighted by molar-refractivity contribution is 0.0804. The van der Waals surface area contributed by atoms with Gasteiger partial charge < -0.3 is 10.3 Å². The average Bonchev–Trinajstić information content (AvgIpc) is 2.92. The molecule has 2 aliphatic rings. The van der Waals surface area contributed by atoms with Crippen molar-refractivity contribution in [2.24, 2.45) is 17.6 Å². The van der Waals surface area contributed by atoms with Crippen molar-refractivity contribution >= 4 is 5.91 Å². The summed E-state index contributed by atoms with van der Waals surface area (Å²) in [6, 6.07) is 6.86. The molecule has 0 spiro atoms. The number of fused-ring (bicyclic) bond motifs is 1. The number of benzene rings is 1. The number of rotatable bonds is 4. The van der Waals surface area contributed by atoms with E-state index in [0.717, 1.165) is 12.0 Å². The molecule has 0 saturated heterocycles. The van der Waals surface area contributed by atoms with Crippen LogP contribution >= 0.6 is 0 Å². The highest BCUT2D eigenvalue weighted by Crippen LogP contribution is 2.66. The van der Waals surface area contributed by atoms with Gasteiger partial charge in [0.25, 0.3) is 5.92 Å². The molecule has 1 aromatic carbocycles. The lowest BCUT2D eigenvalue weighted by atomic mass is 9.89. The van der Waals surface area contributed by atoms with Crippen molar-refractivity contribution in [2.75, 3.05) is 0 Å². The molecule has 7 heteroatoms. The molecular weight excluding hydrogens is 316 g/mol. The Balaban J connectivity index is 1.51. The highest BCUT2D eigenvalue weighted by Gasteiger charge is 2.72. The Bertz CT molecular complexity index is 790. The van der Waals surface area contributed by atoms with E-state index in [9.17, 15) is 13.6 Å². The molecule has 1 aromatic heterocycles. The molecule has 0 bridgehead atoms. The molecule has 2 saturated carbocycles. The summed E-state index contributed by atoms with van der Waals surface area (Å²) >= 11 is 0. The molecule has 24 heavy (non-hydrogen) atoms. The number of hydrogen-bond acceptors (Lipinski definition) is 4. The van der Waals surface area contributed by atoms with Gasteiger partial charge in [-0.15, -0.1) is 0 Å². The van der Waals surface area contributed by atoms with Gasteiger partial charge >= 0.3 is 0 Å². The second kappa shape index (κ2) is 5.36. The summed E-state index contributed by atoms with van der Waals surface area (Å²) in [5.41, 5.74) is 6.49. The normalized spacial score (nSPS) is 27.5. The number of hydrogen-bond donors (Lipinski definition) is 1. The maximum absolute atomic E-state index is 13.8. The maximum Gasteiger partial charge on any atom is 0.255 e. The molecule has 1 heterocycles. The molecule has 2 N–H and O–H groups in total. The Labute approximate surface area is 137 Å². The smallest absolute Gasteiger partial charge is 0.255 e. The highest BCUT2D eigenvalue weighted by molar-refractivity contribution is 5.92. The summed E-state index contributed by atoms with van der Waals surface area (Å²) in [5, 5.41) is 3.91. The predicted octanol–water partition coefficient (Wildman–Crippen LogP) is 2.91. The van der Waals surface area contributed by atoms with Crippen molar-refractivity contribution < 1.29 is 18.1 Å². The Morgan fingerprint density at radius 2 is 2.21 bits per heavy atom. The Morgan fingerprint density at radius 1 is 1.38 bits per heavy atom. The fourth-order valence-corrected chi connectivity index (χ4v) is 3.86. The van der Waals surface area contributed by atoms with Crippen LogP contribution in [0.1, 0.15) is 52.8 Å². The molecule has 0 aliphatic heterocycles. The van der Waals surface area contributed by atoms with Gasteiger partial charge in [-0.25, -0.2) is 8.78 Å². The molecule has 2 aliphatic carbocycles. The number of aromatic nitrogens is 2. The van der Waals surface area contributed by atoms with Crippen LogP contribution in [0.2, 0.25) is 0 Å². The zero-order chi connectivity index (χ0) is 16.9. The van der Waals surface area contributed by atoms with Crippen LogP contribution in [0, 0.1) is 11.8 Å². The number of nitrogens with two attached hydrogens (primary N) is 1. The van der Waals surface area contributed by atoms with Crippen molar-refractivity contribution in [3.63, 3.8) is 0 Å². The van der Waals surface area contributed by atoms with Crippen molar-refractivity contribution in [3.8, 4) is 0 Å². The van der Waals surface area contributed by atoms with Crippen molar-refractivity contribution in [3.05, 3.63) is 47.1 Å². The van der Waals surface area contributed by atoms with Gasteiger partial charge in [-0.3, -0.25) is 4.79 Å². The number of halogens is 2. The Kier molecular flexibility index (Phi) is 3.40. The zero-order valence-corrected chi connectivity index (χ0v) is 12.9. The molecule has 5 nitrogen and oxygen atoms in total. The molecule has 126 valence electrons. The number of primary amides is 1. The second-order valence-electron chi connectivity index (χ2n) is 6.63. The monoisotopic (exact) mass is 333 g/mol. The molecule has 2 aromatic rings. The van der Waals surface area contributed by atoms with Gasteiger partial charge in [0, 0.05) is 29.7 Å². The first-order chi connectivity index (χ1) is 11.5. The highest BCUT2D eigenvalue weighted by atomic mass is 19.3. The summed E-state index contributed by atoms with van der Waals surface area (Å²) in [4.78, 5) is 15.5. The molecule has 2 fully saturated rings. The molecule has 3 unspecified atom stereocenters. The second-order valence-corrected chi connectivity index (χ2v) is 6.63. The van der Waals surface area contributed by atoms with Crippen LogP contribution < -0.4 is 5.73 Å². The van der Waals surface area contributed by atoms with E-state index in [4.69, 9.17) is 10.3 Å². The van der Waals surface area contributed by atoms with Gasteiger partial charge in [0.15, 0.2) is 5.82 Å². The minimum Gasteiger partial charge on any atom is -0.366 e. The van der Waals surface area contributed by atoms with E-state index >= 15 is 0 Å². The summed E-state index contributed by atoms with van der Waals surface area (Å²) < 4.78 is 32.8. The average molecular weight is 333 g/mol. The van der Waals surface area contributed by atoms with E-state index < -0.39 is 23.7 Å². The predicted molar refractivity (Wildman–Crippen MR) is 80.6 cm³/mol. The number of carbonyl (C=O) groups excluding carboxylic acids is 1. The van der Waals surface area contributed by atoms with Gasteiger partial charge in [0.1, 0.15) is 0 Å². The van der Waals surface area contributed by atoms with Crippen LogP contribution in [-0.4, -0.2) is 22.0 Å². The third-order valence-electron chi connectivity index (χ3n) is 5.10. The molecule has 3 atom stereocenters. The standard InChI is InChI=1S/C17H17F2N3O2/c18-17(19)12-6-2-5-11(14(12)17)16-21-13(22-24-16)8-9-3-1-4-10(7-9)15(20)23/h1,3-4,7,11-12,14H,2,5-6,8H2,(H2,20,23). The SMILES string of the molecule is NC(=O)c1cccc(Cc2noc(C3CCCC4C3C4(F)F)n2)c1. The van der Waals surface area contributed by atoms with Crippen molar-refractivity contribution in [1.82, 2.24) is 10.1 Å². The van der Waals surface area contributed by atoms with Crippen LogP contribution in [0.5, 0.6) is 0 Å². The molecule has 0 radical (unpaired) electrons. The van der Waals surface area contributed by atoms with Gasteiger partial charge in [0.2, 0.25) is 11.8 Å². The molecule has 1 amide bonds. The van der Waals surface area contributed by atoms with Crippen LogP contribution in [0.3, 0.4) is 0 Å². The molecule has 4 rings (SSSR count). The van der Waals surface area contributed by atoms with Crippen LogP contribution in [0.25, 0.3) is 0 Å². The van der Waals surface area contributed by atoms with Gasteiger partial charge in [0.05, 0.1) is 0 Å². The van der Waals surface area contributed by atoms with E-state index in [2.05, 4.69) is 10.1 Å². The molecular formula is C17H17F2N3O2. The Morgan fingerprint density at radius 3 is 3.00 bits per heavy atom. The van der Waals surface area contributed by atoms with E-state index in [1.54, 1.807) is 18.2 Å². The largest absolute Gasteiger partial charge is 0.366 e. The topological polar surface area (TPSA) is 82.0 Å².